The van der Waals surface area contributed by atoms with Gasteiger partial charge in [0.05, 0.1) is 13.2 Å². The van der Waals surface area contributed by atoms with E-state index in [4.69, 9.17) is 9.47 Å². The van der Waals surface area contributed by atoms with E-state index in [-0.39, 0.29) is 5.41 Å². The van der Waals surface area contributed by atoms with Crippen molar-refractivity contribution in [3.8, 4) is 11.5 Å². The molecule has 46 heavy (non-hydrogen) atoms. The van der Waals surface area contributed by atoms with Crippen LogP contribution in [-0.2, 0) is 5.41 Å². The van der Waals surface area contributed by atoms with Crippen molar-refractivity contribution < 1.29 is 9.47 Å². The van der Waals surface area contributed by atoms with E-state index in [1.165, 1.54) is 36.9 Å². The van der Waals surface area contributed by atoms with Gasteiger partial charge in [-0.15, -0.1) is 23.5 Å². The number of hydrogen-bond donors (Lipinski definition) is 0. The summed E-state index contributed by atoms with van der Waals surface area (Å²) < 4.78 is 13.4. The first kappa shape index (κ1) is 30.5. The Bertz CT molecular complexity index is 2150. The average Bonchev–Trinajstić information content (AvgIpc) is 3.08. The van der Waals surface area contributed by atoms with Crippen molar-refractivity contribution >= 4 is 66.6 Å². The molecule has 0 heterocycles. The molecule has 0 aromatic heterocycles. The molecular formula is C42H38O2S2. The molecule has 0 unspecified atom stereocenters. The monoisotopic (exact) mass is 638 g/mol. The SMILES string of the molecule is CC(C)(C)c1ccc2c(OCCSc3cccc4ccccc34)c3ccccc3c(OCCSc3cccc4ccccc34)c2c1. The minimum atomic E-state index is 0.0113. The van der Waals surface area contributed by atoms with Crippen LogP contribution in [-0.4, -0.2) is 24.7 Å². The molecule has 2 nitrogen and oxygen atoms in total. The van der Waals surface area contributed by atoms with Crippen molar-refractivity contribution in [3.05, 3.63) is 133 Å². The Morgan fingerprint density at radius 3 is 1.41 bits per heavy atom. The van der Waals surface area contributed by atoms with Gasteiger partial charge in [-0.05, 0) is 50.7 Å². The largest absolute Gasteiger partial charge is 0.491 e. The van der Waals surface area contributed by atoms with E-state index in [9.17, 15) is 0 Å². The zero-order valence-electron chi connectivity index (χ0n) is 26.6. The fourth-order valence-electron chi connectivity index (χ4n) is 6.11. The van der Waals surface area contributed by atoms with Gasteiger partial charge in [0, 0.05) is 42.8 Å². The first-order valence-electron chi connectivity index (χ1n) is 15.9. The first-order chi connectivity index (χ1) is 22.5. The summed E-state index contributed by atoms with van der Waals surface area (Å²) in [5, 5.41) is 9.51. The summed E-state index contributed by atoms with van der Waals surface area (Å²) in [5.41, 5.74) is 1.29. The standard InChI is InChI=1S/C42H38O2S2/c1-42(2,3)31-22-23-36-37(28-31)41(44-25-27-46-39-21-11-15-30-13-5-7-17-33(30)39)35-19-9-8-18-34(35)40(36)43-24-26-45-38-20-10-14-29-12-4-6-16-32(29)38/h4-23,28H,24-27H2,1-3H3. The fourth-order valence-corrected chi connectivity index (χ4v) is 7.92. The van der Waals surface area contributed by atoms with Crippen LogP contribution in [0.4, 0.5) is 0 Å². The van der Waals surface area contributed by atoms with E-state index in [0.717, 1.165) is 44.5 Å². The molecule has 0 spiro atoms. The molecule has 0 aliphatic carbocycles. The minimum absolute atomic E-state index is 0.0113. The third-order valence-electron chi connectivity index (χ3n) is 8.47. The lowest BCUT2D eigenvalue weighted by Gasteiger charge is -2.22. The maximum atomic E-state index is 6.73. The average molecular weight is 639 g/mol. The fraction of sp³-hybridized carbons (Fsp3) is 0.190. The van der Waals surface area contributed by atoms with Crippen LogP contribution >= 0.6 is 23.5 Å². The summed E-state index contributed by atoms with van der Waals surface area (Å²) >= 11 is 3.70. The molecule has 0 atom stereocenters. The van der Waals surface area contributed by atoms with Crippen LogP contribution in [0.1, 0.15) is 26.3 Å². The zero-order valence-corrected chi connectivity index (χ0v) is 28.2. The summed E-state index contributed by atoms with van der Waals surface area (Å²) in [6, 6.07) is 45.5. The lowest BCUT2D eigenvalue weighted by atomic mass is 9.85. The van der Waals surface area contributed by atoms with Gasteiger partial charge in [0.1, 0.15) is 11.5 Å². The highest BCUT2D eigenvalue weighted by molar-refractivity contribution is 7.99. The van der Waals surface area contributed by atoms with E-state index in [0.29, 0.717) is 13.2 Å². The highest BCUT2D eigenvalue weighted by atomic mass is 32.2. The molecular weight excluding hydrogens is 601 g/mol. The predicted molar refractivity (Wildman–Crippen MR) is 200 cm³/mol. The molecule has 0 saturated carbocycles. The van der Waals surface area contributed by atoms with Crippen molar-refractivity contribution in [2.75, 3.05) is 24.7 Å². The zero-order chi connectivity index (χ0) is 31.5. The molecule has 0 aliphatic heterocycles. The van der Waals surface area contributed by atoms with Gasteiger partial charge < -0.3 is 9.47 Å². The molecule has 0 bridgehead atoms. The molecule has 4 heteroatoms. The number of hydrogen-bond acceptors (Lipinski definition) is 4. The van der Waals surface area contributed by atoms with Crippen LogP contribution in [0.25, 0.3) is 43.1 Å². The number of thioether (sulfide) groups is 2. The Morgan fingerprint density at radius 2 is 0.891 bits per heavy atom. The second kappa shape index (κ2) is 13.3. The highest BCUT2D eigenvalue weighted by Gasteiger charge is 2.20. The van der Waals surface area contributed by atoms with Gasteiger partial charge in [0.2, 0.25) is 0 Å². The second-order valence-electron chi connectivity index (χ2n) is 12.6. The first-order valence-corrected chi connectivity index (χ1v) is 17.9. The Kier molecular flexibility index (Phi) is 8.84. The van der Waals surface area contributed by atoms with Crippen molar-refractivity contribution in [2.24, 2.45) is 0 Å². The number of benzene rings is 7. The van der Waals surface area contributed by atoms with Crippen LogP contribution in [0.5, 0.6) is 11.5 Å². The van der Waals surface area contributed by atoms with Crippen molar-refractivity contribution in [3.63, 3.8) is 0 Å². The topological polar surface area (TPSA) is 18.5 Å². The number of fused-ring (bicyclic) bond motifs is 4. The second-order valence-corrected chi connectivity index (χ2v) is 14.8. The molecule has 0 aliphatic rings. The van der Waals surface area contributed by atoms with E-state index < -0.39 is 0 Å². The maximum absolute atomic E-state index is 6.73. The third-order valence-corrected chi connectivity index (χ3v) is 10.5. The molecule has 0 radical (unpaired) electrons. The lowest BCUT2D eigenvalue weighted by molar-refractivity contribution is 0.346. The van der Waals surface area contributed by atoms with Gasteiger partial charge in [-0.25, -0.2) is 0 Å². The minimum Gasteiger partial charge on any atom is -0.491 e. The molecule has 230 valence electrons. The molecule has 0 fully saturated rings. The summed E-state index contributed by atoms with van der Waals surface area (Å²) in [7, 11) is 0. The normalized spacial score (nSPS) is 11.9. The van der Waals surface area contributed by atoms with Crippen LogP contribution in [0.3, 0.4) is 0 Å². The van der Waals surface area contributed by atoms with Gasteiger partial charge in [-0.1, -0.05) is 130 Å². The van der Waals surface area contributed by atoms with Gasteiger partial charge >= 0.3 is 0 Å². The van der Waals surface area contributed by atoms with Gasteiger partial charge in [0.25, 0.3) is 0 Å². The number of ether oxygens (including phenoxy) is 2. The van der Waals surface area contributed by atoms with Crippen LogP contribution in [0.15, 0.2) is 137 Å². The van der Waals surface area contributed by atoms with E-state index >= 15 is 0 Å². The molecule has 7 aromatic carbocycles. The van der Waals surface area contributed by atoms with Crippen LogP contribution in [0.2, 0.25) is 0 Å². The van der Waals surface area contributed by atoms with Gasteiger partial charge in [-0.3, -0.25) is 0 Å². The summed E-state index contributed by atoms with van der Waals surface area (Å²) in [6.07, 6.45) is 0. The highest BCUT2D eigenvalue weighted by Crippen LogP contribution is 2.44. The van der Waals surface area contributed by atoms with Gasteiger partial charge in [-0.2, -0.15) is 0 Å². The summed E-state index contributed by atoms with van der Waals surface area (Å²) in [4.78, 5) is 2.58. The predicted octanol–water partition coefficient (Wildman–Crippen LogP) is 11.9. The Labute approximate surface area is 280 Å². The summed E-state index contributed by atoms with van der Waals surface area (Å²) in [5.74, 6) is 3.58. The Balaban J connectivity index is 1.17. The van der Waals surface area contributed by atoms with E-state index in [1.807, 2.05) is 23.5 Å². The third kappa shape index (κ3) is 6.29. The number of rotatable bonds is 10. The van der Waals surface area contributed by atoms with E-state index in [2.05, 4.69) is 148 Å². The maximum Gasteiger partial charge on any atom is 0.135 e. The van der Waals surface area contributed by atoms with E-state index in [1.54, 1.807) is 0 Å². The lowest BCUT2D eigenvalue weighted by Crippen LogP contribution is -2.11. The van der Waals surface area contributed by atoms with Crippen LogP contribution in [0, 0.1) is 0 Å². The Hall–Kier alpha value is -4.12. The smallest absolute Gasteiger partial charge is 0.135 e. The van der Waals surface area contributed by atoms with Crippen molar-refractivity contribution in [2.45, 2.75) is 36.0 Å². The molecule has 0 amide bonds. The van der Waals surface area contributed by atoms with Crippen LogP contribution < -0.4 is 9.47 Å². The molecule has 0 N–H and O–H groups in total. The quantitative estimate of drug-likeness (QED) is 0.0842. The van der Waals surface area contributed by atoms with Crippen molar-refractivity contribution in [1.29, 1.82) is 0 Å². The molecule has 7 aromatic rings. The summed E-state index contributed by atoms with van der Waals surface area (Å²) in [6.45, 7) is 8.00. The van der Waals surface area contributed by atoms with Crippen molar-refractivity contribution in [1.82, 2.24) is 0 Å². The molecule has 7 rings (SSSR count). The Morgan fingerprint density at radius 1 is 0.457 bits per heavy atom. The van der Waals surface area contributed by atoms with Gasteiger partial charge in [0.15, 0.2) is 0 Å². The molecule has 0 saturated heterocycles.